The summed E-state index contributed by atoms with van der Waals surface area (Å²) in [6, 6.07) is 7.05. The minimum atomic E-state index is -3.43. The highest BCUT2D eigenvalue weighted by Crippen LogP contribution is 2.26. The van der Waals surface area contributed by atoms with Gasteiger partial charge in [0.2, 0.25) is 10.0 Å². The summed E-state index contributed by atoms with van der Waals surface area (Å²) in [5.74, 6) is 0.454. The number of hydrogen-bond acceptors (Lipinski definition) is 3. The summed E-state index contributed by atoms with van der Waals surface area (Å²) in [7, 11) is -3.43. The summed E-state index contributed by atoms with van der Waals surface area (Å²) >= 11 is 3.36. The van der Waals surface area contributed by atoms with Crippen LogP contribution in [0.3, 0.4) is 0 Å². The molecule has 0 radical (unpaired) electrons. The van der Waals surface area contributed by atoms with E-state index in [9.17, 15) is 8.42 Å². The Labute approximate surface area is 136 Å². The van der Waals surface area contributed by atoms with Crippen molar-refractivity contribution in [1.82, 2.24) is 9.62 Å². The van der Waals surface area contributed by atoms with E-state index in [2.05, 4.69) is 21.2 Å². The zero-order valence-electron chi connectivity index (χ0n) is 12.4. The summed E-state index contributed by atoms with van der Waals surface area (Å²) in [6.07, 6.45) is 2.92. The van der Waals surface area contributed by atoms with Crippen molar-refractivity contribution in [2.75, 3.05) is 26.2 Å². The number of sulfonamides is 1. The molecule has 4 nitrogen and oxygen atoms in total. The smallest absolute Gasteiger partial charge is 0.244 e. The van der Waals surface area contributed by atoms with Crippen LogP contribution in [0.25, 0.3) is 0 Å². The largest absolute Gasteiger partial charge is 0.317 e. The van der Waals surface area contributed by atoms with Gasteiger partial charge in [-0.15, -0.1) is 0 Å². The maximum Gasteiger partial charge on any atom is 0.244 e. The van der Waals surface area contributed by atoms with Crippen LogP contribution < -0.4 is 5.32 Å². The predicted molar refractivity (Wildman–Crippen MR) is 88.8 cm³/mol. The molecule has 0 saturated carbocycles. The predicted octanol–water partition coefficient (Wildman–Crippen LogP) is 2.85. The number of hydrogen-bond donors (Lipinski definition) is 1. The van der Waals surface area contributed by atoms with Crippen LogP contribution in [-0.2, 0) is 10.0 Å². The summed E-state index contributed by atoms with van der Waals surface area (Å²) in [5, 5.41) is 3.32. The molecule has 0 bridgehead atoms. The zero-order chi connectivity index (χ0) is 15.3. The Balaban J connectivity index is 2.21. The summed E-state index contributed by atoms with van der Waals surface area (Å²) in [6.45, 7) is 5.19. The quantitative estimate of drug-likeness (QED) is 0.832. The number of nitrogens with zero attached hydrogens (tertiary/aromatic N) is 1. The first-order valence-corrected chi connectivity index (χ1v) is 9.74. The molecule has 1 aromatic rings. The van der Waals surface area contributed by atoms with Crippen LogP contribution in [0.5, 0.6) is 0 Å². The van der Waals surface area contributed by atoms with E-state index in [4.69, 9.17) is 0 Å². The molecular formula is C15H23BrN2O2S. The second kappa shape index (κ2) is 7.72. The maximum atomic E-state index is 12.9. The normalized spacial score (nSPS) is 17.3. The van der Waals surface area contributed by atoms with Gasteiger partial charge in [0.25, 0.3) is 0 Å². The van der Waals surface area contributed by atoms with Gasteiger partial charge in [-0.1, -0.05) is 19.1 Å². The Morgan fingerprint density at radius 1 is 1.29 bits per heavy atom. The van der Waals surface area contributed by atoms with Gasteiger partial charge in [0.1, 0.15) is 0 Å². The van der Waals surface area contributed by atoms with Crippen LogP contribution in [0.1, 0.15) is 26.2 Å². The molecule has 1 heterocycles. The molecule has 1 aliphatic rings. The highest BCUT2D eigenvalue weighted by atomic mass is 79.9. The van der Waals surface area contributed by atoms with Crippen LogP contribution in [0.2, 0.25) is 0 Å². The minimum Gasteiger partial charge on any atom is -0.317 e. The number of benzene rings is 1. The highest BCUT2D eigenvalue weighted by Gasteiger charge is 2.28. The molecule has 1 aromatic carbocycles. The van der Waals surface area contributed by atoms with Crippen molar-refractivity contribution in [3.8, 4) is 0 Å². The average Bonchev–Trinajstić information content (AvgIpc) is 2.48. The fraction of sp³-hybridized carbons (Fsp3) is 0.600. The van der Waals surface area contributed by atoms with E-state index in [-0.39, 0.29) is 0 Å². The van der Waals surface area contributed by atoms with Crippen molar-refractivity contribution in [2.45, 2.75) is 31.1 Å². The van der Waals surface area contributed by atoms with Gasteiger partial charge in [0.05, 0.1) is 4.90 Å². The lowest BCUT2D eigenvalue weighted by molar-refractivity contribution is 0.288. The third-order valence-electron chi connectivity index (χ3n) is 3.85. The minimum absolute atomic E-state index is 0.368. The lowest BCUT2D eigenvalue weighted by Gasteiger charge is -2.29. The highest BCUT2D eigenvalue weighted by molar-refractivity contribution is 9.10. The van der Waals surface area contributed by atoms with Crippen LogP contribution in [0.15, 0.2) is 33.6 Å². The molecule has 0 spiro atoms. The Morgan fingerprint density at radius 2 is 1.95 bits per heavy atom. The molecule has 6 heteroatoms. The van der Waals surface area contributed by atoms with Gasteiger partial charge in [-0.3, -0.25) is 0 Å². The molecule has 0 aliphatic carbocycles. The number of piperidine rings is 1. The Morgan fingerprint density at radius 3 is 2.57 bits per heavy atom. The van der Waals surface area contributed by atoms with E-state index in [1.165, 1.54) is 0 Å². The summed E-state index contributed by atoms with van der Waals surface area (Å²) in [4.78, 5) is 0.368. The molecule has 1 fully saturated rings. The first kappa shape index (κ1) is 16.9. The molecular weight excluding hydrogens is 352 g/mol. The van der Waals surface area contributed by atoms with Gasteiger partial charge < -0.3 is 5.32 Å². The van der Waals surface area contributed by atoms with Gasteiger partial charge in [-0.25, -0.2) is 8.42 Å². The third-order valence-corrected chi connectivity index (χ3v) is 6.73. The summed E-state index contributed by atoms with van der Waals surface area (Å²) in [5.41, 5.74) is 0. The molecule has 0 aromatic heterocycles. The monoisotopic (exact) mass is 374 g/mol. The second-order valence-corrected chi connectivity index (χ2v) is 8.25. The van der Waals surface area contributed by atoms with E-state index in [0.717, 1.165) is 32.4 Å². The van der Waals surface area contributed by atoms with Crippen LogP contribution >= 0.6 is 15.9 Å². The van der Waals surface area contributed by atoms with E-state index >= 15 is 0 Å². The van der Waals surface area contributed by atoms with Crippen molar-refractivity contribution in [3.05, 3.63) is 28.7 Å². The summed E-state index contributed by atoms with van der Waals surface area (Å²) < 4.78 is 28.1. The lowest BCUT2D eigenvalue weighted by atomic mass is 9.98. The number of halogens is 1. The number of nitrogens with one attached hydrogen (secondary N) is 1. The van der Waals surface area contributed by atoms with Crippen molar-refractivity contribution < 1.29 is 8.42 Å². The van der Waals surface area contributed by atoms with Crippen LogP contribution in [0.4, 0.5) is 0 Å². The fourth-order valence-corrected chi connectivity index (χ4v) is 5.28. The lowest BCUT2D eigenvalue weighted by Crippen LogP contribution is -2.39. The zero-order valence-corrected chi connectivity index (χ0v) is 14.8. The van der Waals surface area contributed by atoms with Gasteiger partial charge in [-0.05, 0) is 66.3 Å². The van der Waals surface area contributed by atoms with Crippen molar-refractivity contribution in [3.63, 3.8) is 0 Å². The molecule has 0 atom stereocenters. The van der Waals surface area contributed by atoms with E-state index in [0.29, 0.717) is 28.4 Å². The SMILES string of the molecule is CCCN(CC1CCNCC1)S(=O)(=O)c1ccccc1Br. The molecule has 0 amide bonds. The Hall–Kier alpha value is -0.430. The Kier molecular flexibility index (Phi) is 6.22. The third kappa shape index (κ3) is 4.28. The second-order valence-electron chi connectivity index (χ2n) is 5.49. The number of rotatable bonds is 6. The topological polar surface area (TPSA) is 49.4 Å². The van der Waals surface area contributed by atoms with E-state index in [1.54, 1.807) is 22.5 Å². The molecule has 0 unspecified atom stereocenters. The maximum absolute atomic E-state index is 12.9. The molecule has 2 rings (SSSR count). The molecule has 1 aliphatic heterocycles. The van der Waals surface area contributed by atoms with Crippen molar-refractivity contribution >= 4 is 26.0 Å². The standard InChI is InChI=1S/C15H23BrN2O2S/c1-2-11-18(12-13-7-9-17-10-8-13)21(19,20)15-6-4-3-5-14(15)16/h3-6,13,17H,2,7-12H2,1H3. The van der Waals surface area contributed by atoms with Crippen LogP contribution in [-0.4, -0.2) is 38.9 Å². The van der Waals surface area contributed by atoms with Gasteiger partial charge in [-0.2, -0.15) is 4.31 Å². The first-order chi connectivity index (χ1) is 10.1. The molecule has 118 valence electrons. The van der Waals surface area contributed by atoms with Gasteiger partial charge in [0, 0.05) is 17.6 Å². The van der Waals surface area contributed by atoms with Crippen molar-refractivity contribution in [1.29, 1.82) is 0 Å². The molecule has 1 N–H and O–H groups in total. The van der Waals surface area contributed by atoms with Crippen LogP contribution in [0, 0.1) is 5.92 Å². The van der Waals surface area contributed by atoms with Gasteiger partial charge >= 0.3 is 0 Å². The van der Waals surface area contributed by atoms with Crippen molar-refractivity contribution in [2.24, 2.45) is 5.92 Å². The molecule has 1 saturated heterocycles. The van der Waals surface area contributed by atoms with E-state index in [1.807, 2.05) is 13.0 Å². The Bertz CT molecular complexity index is 557. The van der Waals surface area contributed by atoms with Gasteiger partial charge in [0.15, 0.2) is 0 Å². The fourth-order valence-electron chi connectivity index (χ4n) is 2.70. The molecule has 21 heavy (non-hydrogen) atoms. The van der Waals surface area contributed by atoms with E-state index < -0.39 is 10.0 Å². The first-order valence-electron chi connectivity index (χ1n) is 7.51. The average molecular weight is 375 g/mol.